The van der Waals surface area contributed by atoms with Gasteiger partial charge in [0.15, 0.2) is 0 Å². The van der Waals surface area contributed by atoms with Crippen LogP contribution in [0.4, 0.5) is 5.82 Å². The SMILES string of the molecule is CC(C)CNCc1cnc(N(C)CC(C)(C)C)cn1. The third-order valence-electron chi connectivity index (χ3n) is 2.65. The highest BCUT2D eigenvalue weighted by Crippen LogP contribution is 2.17. The first-order valence-corrected chi connectivity index (χ1v) is 7.01. The molecule has 1 rings (SSSR count). The first-order chi connectivity index (χ1) is 8.78. The standard InChI is InChI=1S/C15H28N4/c1-12(2)7-16-8-13-9-18-14(10-17-13)19(6)11-15(3,4)5/h9-10,12,16H,7-8,11H2,1-6H3. The van der Waals surface area contributed by atoms with Crippen LogP contribution < -0.4 is 10.2 Å². The van der Waals surface area contributed by atoms with Crippen molar-refractivity contribution >= 4 is 5.82 Å². The molecule has 0 aliphatic rings. The summed E-state index contributed by atoms with van der Waals surface area (Å²) in [5.41, 5.74) is 1.25. The maximum absolute atomic E-state index is 4.48. The minimum absolute atomic E-state index is 0.258. The van der Waals surface area contributed by atoms with Crippen LogP contribution >= 0.6 is 0 Å². The van der Waals surface area contributed by atoms with E-state index in [-0.39, 0.29) is 5.41 Å². The van der Waals surface area contributed by atoms with E-state index in [1.807, 2.05) is 12.4 Å². The van der Waals surface area contributed by atoms with Crippen molar-refractivity contribution in [1.29, 1.82) is 0 Å². The van der Waals surface area contributed by atoms with Crippen LogP contribution in [0.5, 0.6) is 0 Å². The average Bonchev–Trinajstić information content (AvgIpc) is 2.27. The zero-order chi connectivity index (χ0) is 14.5. The minimum Gasteiger partial charge on any atom is -0.358 e. The molecule has 1 aromatic heterocycles. The molecule has 1 aromatic rings. The molecule has 0 aromatic carbocycles. The zero-order valence-electron chi connectivity index (χ0n) is 13.2. The Kier molecular flexibility index (Phi) is 5.73. The van der Waals surface area contributed by atoms with Gasteiger partial charge in [-0.2, -0.15) is 0 Å². The number of nitrogens with one attached hydrogen (secondary N) is 1. The number of hydrogen-bond acceptors (Lipinski definition) is 4. The summed E-state index contributed by atoms with van der Waals surface area (Å²) in [4.78, 5) is 11.1. The van der Waals surface area contributed by atoms with Crippen LogP contribution in [-0.2, 0) is 6.54 Å². The summed E-state index contributed by atoms with van der Waals surface area (Å²) in [5.74, 6) is 1.59. The zero-order valence-corrected chi connectivity index (χ0v) is 13.2. The molecule has 19 heavy (non-hydrogen) atoms. The molecular weight excluding hydrogens is 236 g/mol. The average molecular weight is 264 g/mol. The summed E-state index contributed by atoms with van der Waals surface area (Å²) in [7, 11) is 2.06. The van der Waals surface area contributed by atoms with Crippen LogP contribution in [0.3, 0.4) is 0 Å². The second kappa shape index (κ2) is 6.85. The Bertz CT molecular complexity index is 365. The smallest absolute Gasteiger partial charge is 0.146 e. The largest absolute Gasteiger partial charge is 0.358 e. The van der Waals surface area contributed by atoms with Gasteiger partial charge in [0.05, 0.1) is 18.1 Å². The predicted octanol–water partition coefficient (Wildman–Crippen LogP) is 2.70. The molecule has 0 radical (unpaired) electrons. The summed E-state index contributed by atoms with van der Waals surface area (Å²) < 4.78 is 0. The Morgan fingerprint density at radius 3 is 2.37 bits per heavy atom. The lowest BCUT2D eigenvalue weighted by Crippen LogP contribution is -2.30. The van der Waals surface area contributed by atoms with Gasteiger partial charge in [0.1, 0.15) is 5.82 Å². The Labute approximate surface area is 117 Å². The lowest BCUT2D eigenvalue weighted by molar-refractivity contribution is 0.417. The normalized spacial score (nSPS) is 11.9. The highest BCUT2D eigenvalue weighted by atomic mass is 15.2. The van der Waals surface area contributed by atoms with Gasteiger partial charge in [0, 0.05) is 20.1 Å². The molecule has 4 nitrogen and oxygen atoms in total. The molecule has 0 saturated heterocycles. The highest BCUT2D eigenvalue weighted by Gasteiger charge is 2.14. The molecule has 0 aliphatic carbocycles. The molecule has 0 saturated carbocycles. The van der Waals surface area contributed by atoms with E-state index in [2.05, 4.69) is 61.9 Å². The fourth-order valence-electron chi connectivity index (χ4n) is 1.92. The summed E-state index contributed by atoms with van der Waals surface area (Å²) in [5, 5.41) is 3.37. The molecule has 108 valence electrons. The topological polar surface area (TPSA) is 41.1 Å². The van der Waals surface area contributed by atoms with Crippen molar-refractivity contribution in [3.63, 3.8) is 0 Å². The Morgan fingerprint density at radius 1 is 1.21 bits per heavy atom. The van der Waals surface area contributed by atoms with Crippen LogP contribution in [0.25, 0.3) is 0 Å². The third-order valence-corrected chi connectivity index (χ3v) is 2.65. The molecule has 1 N–H and O–H groups in total. The molecule has 0 spiro atoms. The number of hydrogen-bond donors (Lipinski definition) is 1. The van der Waals surface area contributed by atoms with E-state index in [0.717, 1.165) is 31.1 Å². The van der Waals surface area contributed by atoms with E-state index in [1.54, 1.807) is 0 Å². The number of nitrogens with zero attached hydrogens (tertiary/aromatic N) is 3. The summed E-state index contributed by atoms with van der Waals surface area (Å²) >= 11 is 0. The van der Waals surface area contributed by atoms with Crippen molar-refractivity contribution < 1.29 is 0 Å². The van der Waals surface area contributed by atoms with Gasteiger partial charge in [-0.05, 0) is 17.9 Å². The van der Waals surface area contributed by atoms with Gasteiger partial charge >= 0.3 is 0 Å². The predicted molar refractivity (Wildman–Crippen MR) is 81.3 cm³/mol. The van der Waals surface area contributed by atoms with Crippen LogP contribution in [0, 0.1) is 11.3 Å². The molecular formula is C15H28N4. The van der Waals surface area contributed by atoms with Gasteiger partial charge < -0.3 is 10.2 Å². The number of rotatable bonds is 6. The molecule has 0 atom stereocenters. The van der Waals surface area contributed by atoms with E-state index < -0.39 is 0 Å². The molecule has 0 bridgehead atoms. The van der Waals surface area contributed by atoms with Gasteiger partial charge in [-0.25, -0.2) is 4.98 Å². The summed E-state index contributed by atoms with van der Waals surface area (Å²) in [6, 6.07) is 0. The molecule has 0 aliphatic heterocycles. The second-order valence-corrected chi connectivity index (χ2v) is 6.81. The van der Waals surface area contributed by atoms with Crippen molar-refractivity contribution in [2.45, 2.75) is 41.2 Å². The van der Waals surface area contributed by atoms with Crippen LogP contribution in [0.2, 0.25) is 0 Å². The van der Waals surface area contributed by atoms with Crippen LogP contribution in [0.1, 0.15) is 40.3 Å². The van der Waals surface area contributed by atoms with Crippen molar-refractivity contribution in [2.24, 2.45) is 11.3 Å². The molecule has 0 unspecified atom stereocenters. The lowest BCUT2D eigenvalue weighted by atomic mass is 9.96. The number of anilines is 1. The summed E-state index contributed by atoms with van der Waals surface area (Å²) in [6.07, 6.45) is 3.72. The van der Waals surface area contributed by atoms with Gasteiger partial charge in [-0.15, -0.1) is 0 Å². The fourth-order valence-corrected chi connectivity index (χ4v) is 1.92. The highest BCUT2D eigenvalue weighted by molar-refractivity contribution is 5.34. The van der Waals surface area contributed by atoms with Crippen LogP contribution in [0.15, 0.2) is 12.4 Å². The van der Waals surface area contributed by atoms with Crippen molar-refractivity contribution in [2.75, 3.05) is 25.0 Å². The van der Waals surface area contributed by atoms with E-state index in [4.69, 9.17) is 0 Å². The first-order valence-electron chi connectivity index (χ1n) is 7.01. The maximum atomic E-state index is 4.48. The Morgan fingerprint density at radius 2 is 1.89 bits per heavy atom. The summed E-state index contributed by atoms with van der Waals surface area (Å²) in [6.45, 7) is 13.8. The fraction of sp³-hybridized carbons (Fsp3) is 0.733. The molecule has 4 heteroatoms. The quantitative estimate of drug-likeness (QED) is 0.857. The van der Waals surface area contributed by atoms with E-state index in [9.17, 15) is 0 Å². The lowest BCUT2D eigenvalue weighted by Gasteiger charge is -2.27. The third kappa shape index (κ3) is 6.53. The van der Waals surface area contributed by atoms with Crippen molar-refractivity contribution in [3.05, 3.63) is 18.1 Å². The van der Waals surface area contributed by atoms with Crippen LogP contribution in [-0.4, -0.2) is 30.1 Å². The molecule has 0 fully saturated rings. The molecule has 0 amide bonds. The van der Waals surface area contributed by atoms with Gasteiger partial charge in [0.2, 0.25) is 0 Å². The van der Waals surface area contributed by atoms with Gasteiger partial charge in [0.25, 0.3) is 0 Å². The number of aromatic nitrogens is 2. The molecule has 1 heterocycles. The van der Waals surface area contributed by atoms with E-state index in [0.29, 0.717) is 5.92 Å². The van der Waals surface area contributed by atoms with Crippen molar-refractivity contribution in [1.82, 2.24) is 15.3 Å². The monoisotopic (exact) mass is 264 g/mol. The van der Waals surface area contributed by atoms with Crippen molar-refractivity contribution in [3.8, 4) is 0 Å². The van der Waals surface area contributed by atoms with E-state index in [1.165, 1.54) is 0 Å². The Balaban J connectivity index is 2.51. The Hall–Kier alpha value is -1.16. The maximum Gasteiger partial charge on any atom is 0.146 e. The minimum atomic E-state index is 0.258. The van der Waals surface area contributed by atoms with E-state index >= 15 is 0 Å². The first kappa shape index (κ1) is 15.9. The second-order valence-electron chi connectivity index (χ2n) is 6.81. The van der Waals surface area contributed by atoms with Gasteiger partial charge in [-0.3, -0.25) is 4.98 Å². The van der Waals surface area contributed by atoms with Gasteiger partial charge in [-0.1, -0.05) is 34.6 Å².